The Hall–Kier alpha value is -1.08. The van der Waals surface area contributed by atoms with Crippen LogP contribution in [0.3, 0.4) is 0 Å². The van der Waals surface area contributed by atoms with Crippen molar-refractivity contribution in [3.05, 3.63) is 51.8 Å². The van der Waals surface area contributed by atoms with E-state index in [-0.39, 0.29) is 54.8 Å². The van der Waals surface area contributed by atoms with Crippen molar-refractivity contribution in [1.82, 2.24) is 15.2 Å². The van der Waals surface area contributed by atoms with E-state index < -0.39 is 10.0 Å². The van der Waals surface area contributed by atoms with Crippen molar-refractivity contribution in [1.29, 1.82) is 0 Å². The van der Waals surface area contributed by atoms with Crippen molar-refractivity contribution in [3.63, 3.8) is 0 Å². The first kappa shape index (κ1) is 24.0. The molecule has 0 radical (unpaired) electrons. The van der Waals surface area contributed by atoms with Crippen LogP contribution in [-0.2, 0) is 15.8 Å². The van der Waals surface area contributed by atoms with Crippen molar-refractivity contribution < 1.29 is 12.9 Å². The molecule has 2 aromatic rings. The lowest BCUT2D eigenvalue weighted by Crippen LogP contribution is -2.35. The molecule has 0 amide bonds. The van der Waals surface area contributed by atoms with Gasteiger partial charge in [0.05, 0.1) is 18.3 Å². The Morgan fingerprint density at radius 1 is 1.37 bits per heavy atom. The molecule has 0 aliphatic carbocycles. The van der Waals surface area contributed by atoms with Crippen LogP contribution in [0.1, 0.15) is 24.2 Å². The summed E-state index contributed by atoms with van der Waals surface area (Å²) in [6, 6.07) is 6.48. The highest BCUT2D eigenvalue weighted by Crippen LogP contribution is 2.25. The summed E-state index contributed by atoms with van der Waals surface area (Å²) in [6.07, 6.45) is 1.32. The number of nitrogens with zero attached hydrogens (tertiary/aromatic N) is 2. The first-order valence-corrected chi connectivity index (χ1v) is 10.1. The van der Waals surface area contributed by atoms with Crippen LogP contribution in [-0.4, -0.2) is 32.6 Å². The summed E-state index contributed by atoms with van der Waals surface area (Å²) in [5.41, 5.74) is 6.97. The monoisotopic (exact) mass is 547 g/mol. The van der Waals surface area contributed by atoms with Gasteiger partial charge in [0.2, 0.25) is 10.0 Å². The summed E-state index contributed by atoms with van der Waals surface area (Å²) in [7, 11) is -3.51. The molecule has 12 heteroatoms. The van der Waals surface area contributed by atoms with Crippen LogP contribution < -0.4 is 15.8 Å². The highest BCUT2D eigenvalue weighted by Gasteiger charge is 2.13. The van der Waals surface area contributed by atoms with Crippen molar-refractivity contribution in [2.75, 3.05) is 13.1 Å². The van der Waals surface area contributed by atoms with Crippen LogP contribution in [0.5, 0.6) is 0 Å². The molecule has 0 saturated carbocycles. The number of sulfonamides is 1. The largest absolute Gasteiger partial charge is 0.370 e. The zero-order valence-corrected chi connectivity index (χ0v) is 19.0. The number of hydrogen-bond acceptors (Lipinski definition) is 5. The quantitative estimate of drug-likeness (QED) is 0.202. The molecule has 0 bridgehead atoms. The fraction of sp³-hybridized carbons (Fsp3) is 0.333. The zero-order chi connectivity index (χ0) is 19.2. The van der Waals surface area contributed by atoms with Crippen LogP contribution >= 0.6 is 47.2 Å². The summed E-state index contributed by atoms with van der Waals surface area (Å²) in [5, 5.41) is 7.62. The molecule has 1 heterocycles. The lowest BCUT2D eigenvalue weighted by atomic mass is 10.1. The molecule has 1 atom stereocenters. The van der Waals surface area contributed by atoms with E-state index in [0.717, 1.165) is 5.56 Å². The SMILES string of the molecule is CC(NC(N)=NCCNS(=O)(=O)Cc1ccon1)c1ccc(Cl)cc1Cl.I. The van der Waals surface area contributed by atoms with Crippen molar-refractivity contribution in [2.24, 2.45) is 10.7 Å². The molecule has 1 unspecified atom stereocenters. The second kappa shape index (κ2) is 11.1. The second-order valence-corrected chi connectivity index (χ2v) is 8.09. The Morgan fingerprint density at radius 2 is 2.11 bits per heavy atom. The third kappa shape index (κ3) is 8.21. The molecule has 1 aromatic heterocycles. The molecule has 27 heavy (non-hydrogen) atoms. The number of rotatable bonds is 8. The van der Waals surface area contributed by atoms with Crippen molar-refractivity contribution in [2.45, 2.75) is 18.7 Å². The van der Waals surface area contributed by atoms with Crippen LogP contribution in [0, 0.1) is 0 Å². The standard InChI is InChI=1S/C15H19Cl2N5O3S.HI/c1-10(13-3-2-11(16)8-14(13)17)21-15(18)19-5-6-20-26(23,24)9-12-4-7-25-22-12;/h2-4,7-8,10,20H,5-6,9H2,1H3,(H3,18,19,21);1H. The summed E-state index contributed by atoms with van der Waals surface area (Å²) < 4.78 is 30.7. The van der Waals surface area contributed by atoms with E-state index in [1.54, 1.807) is 18.2 Å². The van der Waals surface area contributed by atoms with Gasteiger partial charge in [0, 0.05) is 22.7 Å². The summed E-state index contributed by atoms with van der Waals surface area (Å²) in [5.74, 6) is -0.0771. The van der Waals surface area contributed by atoms with Gasteiger partial charge in [0.15, 0.2) is 5.96 Å². The molecule has 2 rings (SSSR count). The van der Waals surface area contributed by atoms with E-state index in [1.807, 2.05) is 6.92 Å². The molecular formula is C15H20Cl2IN5O3S. The van der Waals surface area contributed by atoms with Crippen LogP contribution in [0.25, 0.3) is 0 Å². The molecule has 4 N–H and O–H groups in total. The fourth-order valence-electron chi connectivity index (χ4n) is 2.13. The number of nitrogens with two attached hydrogens (primary N) is 1. The van der Waals surface area contributed by atoms with Gasteiger partial charge in [0.25, 0.3) is 0 Å². The molecular weight excluding hydrogens is 528 g/mol. The lowest BCUT2D eigenvalue weighted by molar-refractivity contribution is 0.413. The van der Waals surface area contributed by atoms with E-state index in [1.165, 1.54) is 12.3 Å². The first-order valence-electron chi connectivity index (χ1n) is 7.65. The van der Waals surface area contributed by atoms with Crippen molar-refractivity contribution >= 4 is 63.2 Å². The maximum Gasteiger partial charge on any atom is 0.217 e. The van der Waals surface area contributed by atoms with Crippen molar-refractivity contribution in [3.8, 4) is 0 Å². The average molecular weight is 548 g/mol. The van der Waals surface area contributed by atoms with Gasteiger partial charge in [-0.15, -0.1) is 24.0 Å². The first-order chi connectivity index (χ1) is 12.3. The molecule has 1 aromatic carbocycles. The summed E-state index contributed by atoms with van der Waals surface area (Å²) in [6.45, 7) is 2.16. The van der Waals surface area contributed by atoms with E-state index in [0.29, 0.717) is 15.7 Å². The minimum absolute atomic E-state index is 0. The smallest absolute Gasteiger partial charge is 0.217 e. The molecule has 0 aliphatic rings. The van der Waals surface area contributed by atoms with E-state index in [2.05, 4.69) is 24.7 Å². The van der Waals surface area contributed by atoms with Gasteiger partial charge in [-0.05, 0) is 24.6 Å². The van der Waals surface area contributed by atoms with Gasteiger partial charge in [-0.3, -0.25) is 4.99 Å². The minimum Gasteiger partial charge on any atom is -0.370 e. The number of aliphatic imine (C=N–C) groups is 1. The predicted molar refractivity (Wildman–Crippen MR) is 117 cm³/mol. The zero-order valence-electron chi connectivity index (χ0n) is 14.4. The number of halogens is 3. The maximum absolute atomic E-state index is 11.9. The van der Waals surface area contributed by atoms with Crippen LogP contribution in [0.15, 0.2) is 40.0 Å². The molecule has 0 aliphatic heterocycles. The number of guanidine groups is 1. The van der Waals surface area contributed by atoms with Gasteiger partial charge in [0.1, 0.15) is 12.0 Å². The topological polar surface area (TPSA) is 123 Å². The Labute approximate surface area is 184 Å². The summed E-state index contributed by atoms with van der Waals surface area (Å²) >= 11 is 12.0. The van der Waals surface area contributed by atoms with Crippen LogP contribution in [0.4, 0.5) is 0 Å². The number of benzene rings is 1. The lowest BCUT2D eigenvalue weighted by Gasteiger charge is -2.16. The molecule has 0 spiro atoms. The fourth-order valence-corrected chi connectivity index (χ4v) is 3.75. The van der Waals surface area contributed by atoms with Gasteiger partial charge >= 0.3 is 0 Å². The van der Waals surface area contributed by atoms with Crippen LogP contribution in [0.2, 0.25) is 10.0 Å². The van der Waals surface area contributed by atoms with Gasteiger partial charge in [-0.25, -0.2) is 13.1 Å². The maximum atomic E-state index is 11.9. The van der Waals surface area contributed by atoms with E-state index in [4.69, 9.17) is 28.9 Å². The number of hydrogen-bond donors (Lipinski definition) is 3. The Balaban J connectivity index is 0.00000364. The second-order valence-electron chi connectivity index (χ2n) is 5.44. The Kier molecular flexibility index (Phi) is 9.81. The molecule has 150 valence electrons. The third-order valence-electron chi connectivity index (χ3n) is 3.34. The number of aromatic nitrogens is 1. The third-order valence-corrected chi connectivity index (χ3v) is 5.22. The number of nitrogens with one attached hydrogen (secondary N) is 2. The van der Waals surface area contributed by atoms with Gasteiger partial charge in [-0.2, -0.15) is 0 Å². The molecule has 0 fully saturated rings. The summed E-state index contributed by atoms with van der Waals surface area (Å²) in [4.78, 5) is 4.09. The van der Waals surface area contributed by atoms with Gasteiger partial charge in [-0.1, -0.05) is 34.4 Å². The average Bonchev–Trinajstić information content (AvgIpc) is 3.03. The van der Waals surface area contributed by atoms with Gasteiger partial charge < -0.3 is 15.6 Å². The van der Waals surface area contributed by atoms with E-state index in [9.17, 15) is 8.42 Å². The minimum atomic E-state index is -3.51. The highest BCUT2D eigenvalue weighted by molar-refractivity contribution is 14.0. The Morgan fingerprint density at radius 3 is 2.74 bits per heavy atom. The van der Waals surface area contributed by atoms with E-state index >= 15 is 0 Å². The highest BCUT2D eigenvalue weighted by atomic mass is 127. The normalized spacial score (nSPS) is 13.1. The Bertz CT molecular complexity index is 862. The predicted octanol–water partition coefficient (Wildman–Crippen LogP) is 2.68. The molecule has 0 saturated heterocycles. The molecule has 8 nitrogen and oxygen atoms in total.